The average molecular weight is 320 g/mol. The van der Waals surface area contributed by atoms with Gasteiger partial charge >= 0.3 is 0 Å². The Labute approximate surface area is 120 Å². The summed E-state index contributed by atoms with van der Waals surface area (Å²) >= 11 is 3.30. The first-order chi connectivity index (χ1) is 9.33. The van der Waals surface area contributed by atoms with Gasteiger partial charge in [-0.3, -0.25) is 4.98 Å². The van der Waals surface area contributed by atoms with Gasteiger partial charge in [0.15, 0.2) is 0 Å². The lowest BCUT2D eigenvalue weighted by Gasteiger charge is -2.36. The first kappa shape index (κ1) is 12.3. The van der Waals surface area contributed by atoms with Crippen molar-refractivity contribution in [3.05, 3.63) is 41.5 Å². The van der Waals surface area contributed by atoms with E-state index in [2.05, 4.69) is 52.8 Å². The normalized spacial score (nSPS) is 15.6. The second kappa shape index (κ2) is 5.52. The van der Waals surface area contributed by atoms with Crippen molar-refractivity contribution in [2.45, 2.75) is 0 Å². The van der Waals surface area contributed by atoms with Crippen molar-refractivity contribution in [3.8, 4) is 0 Å². The fourth-order valence-corrected chi connectivity index (χ4v) is 2.42. The Morgan fingerprint density at radius 3 is 2.21 bits per heavy atom. The molecule has 0 saturated carbocycles. The molecule has 98 valence electrons. The van der Waals surface area contributed by atoms with Crippen LogP contribution in [-0.4, -0.2) is 41.1 Å². The molecule has 1 saturated heterocycles. The van der Waals surface area contributed by atoms with Crippen molar-refractivity contribution in [2.75, 3.05) is 36.0 Å². The molecular weight excluding hydrogens is 306 g/mol. The fraction of sp³-hybridized carbons (Fsp3) is 0.308. The molecule has 2 aromatic rings. The van der Waals surface area contributed by atoms with Crippen molar-refractivity contribution in [3.63, 3.8) is 0 Å². The highest BCUT2D eigenvalue weighted by Gasteiger charge is 2.18. The fourth-order valence-electron chi connectivity index (χ4n) is 2.22. The van der Waals surface area contributed by atoms with Crippen molar-refractivity contribution < 1.29 is 0 Å². The van der Waals surface area contributed by atoms with Crippen LogP contribution in [-0.2, 0) is 0 Å². The van der Waals surface area contributed by atoms with E-state index in [1.807, 2.05) is 18.6 Å². The van der Waals surface area contributed by atoms with Crippen LogP contribution in [0.3, 0.4) is 0 Å². The van der Waals surface area contributed by atoms with Crippen molar-refractivity contribution in [1.82, 2.24) is 15.0 Å². The molecule has 0 spiro atoms. The van der Waals surface area contributed by atoms with Gasteiger partial charge in [0.2, 0.25) is 0 Å². The summed E-state index contributed by atoms with van der Waals surface area (Å²) in [5, 5.41) is 0. The molecule has 6 heteroatoms. The third kappa shape index (κ3) is 2.84. The largest absolute Gasteiger partial charge is 0.368 e. The summed E-state index contributed by atoms with van der Waals surface area (Å²) in [6.45, 7) is 3.89. The van der Waals surface area contributed by atoms with Crippen LogP contribution in [0.1, 0.15) is 0 Å². The molecule has 0 unspecified atom stereocenters. The van der Waals surface area contributed by atoms with E-state index in [4.69, 9.17) is 0 Å². The summed E-state index contributed by atoms with van der Waals surface area (Å²) in [6, 6.07) is 4.10. The number of nitrogens with zero attached hydrogens (tertiary/aromatic N) is 5. The third-order valence-corrected chi connectivity index (χ3v) is 3.65. The molecule has 3 heterocycles. The number of pyridine rings is 1. The summed E-state index contributed by atoms with van der Waals surface area (Å²) in [4.78, 5) is 17.3. The standard InChI is InChI=1S/C13H14BrN5/c14-12-9-17-13(10-16-12)19-7-5-18(6-8-19)11-1-3-15-4-2-11/h1-4,9-10H,5-8H2. The smallest absolute Gasteiger partial charge is 0.147 e. The van der Waals surface area contributed by atoms with Gasteiger partial charge in [-0.1, -0.05) is 0 Å². The summed E-state index contributed by atoms with van der Waals surface area (Å²) in [5.41, 5.74) is 1.23. The van der Waals surface area contributed by atoms with E-state index < -0.39 is 0 Å². The minimum atomic E-state index is 0.770. The van der Waals surface area contributed by atoms with Gasteiger partial charge in [0, 0.05) is 44.3 Å². The molecule has 3 rings (SSSR count). The molecule has 0 radical (unpaired) electrons. The van der Waals surface area contributed by atoms with Gasteiger partial charge in [0.05, 0.1) is 12.4 Å². The molecule has 0 bridgehead atoms. The zero-order valence-corrected chi connectivity index (χ0v) is 12.0. The van der Waals surface area contributed by atoms with E-state index in [1.165, 1.54) is 5.69 Å². The van der Waals surface area contributed by atoms with E-state index in [1.54, 1.807) is 6.20 Å². The number of rotatable bonds is 2. The van der Waals surface area contributed by atoms with Gasteiger partial charge < -0.3 is 9.80 Å². The van der Waals surface area contributed by atoms with Gasteiger partial charge in [-0.05, 0) is 28.1 Å². The molecule has 1 aliphatic heterocycles. The maximum absolute atomic E-state index is 4.39. The number of piperazine rings is 1. The van der Waals surface area contributed by atoms with Gasteiger partial charge in [-0.15, -0.1) is 0 Å². The van der Waals surface area contributed by atoms with Gasteiger partial charge in [0.1, 0.15) is 10.4 Å². The minimum Gasteiger partial charge on any atom is -0.368 e. The van der Waals surface area contributed by atoms with Crippen LogP contribution in [0.25, 0.3) is 0 Å². The quantitative estimate of drug-likeness (QED) is 0.846. The number of hydrogen-bond acceptors (Lipinski definition) is 5. The lowest BCUT2D eigenvalue weighted by Crippen LogP contribution is -2.46. The molecule has 5 nitrogen and oxygen atoms in total. The van der Waals surface area contributed by atoms with Crippen molar-refractivity contribution in [2.24, 2.45) is 0 Å². The molecule has 0 atom stereocenters. The summed E-state index contributed by atoms with van der Waals surface area (Å²) < 4.78 is 0.770. The van der Waals surface area contributed by atoms with Gasteiger partial charge in [-0.25, -0.2) is 9.97 Å². The maximum atomic E-state index is 4.39. The Morgan fingerprint density at radius 1 is 0.895 bits per heavy atom. The highest BCUT2D eigenvalue weighted by atomic mass is 79.9. The highest BCUT2D eigenvalue weighted by molar-refractivity contribution is 9.10. The van der Waals surface area contributed by atoms with Crippen LogP contribution >= 0.6 is 15.9 Å². The Morgan fingerprint density at radius 2 is 1.58 bits per heavy atom. The molecule has 2 aromatic heterocycles. The number of aromatic nitrogens is 3. The topological polar surface area (TPSA) is 45.2 Å². The van der Waals surface area contributed by atoms with Gasteiger partial charge in [-0.2, -0.15) is 0 Å². The Balaban J connectivity index is 1.65. The molecule has 1 fully saturated rings. The second-order valence-corrected chi connectivity index (χ2v) is 5.19. The Kier molecular flexibility index (Phi) is 3.59. The molecule has 1 aliphatic rings. The predicted molar refractivity (Wildman–Crippen MR) is 78.4 cm³/mol. The lowest BCUT2D eigenvalue weighted by atomic mass is 10.2. The monoisotopic (exact) mass is 319 g/mol. The van der Waals surface area contributed by atoms with Crippen LogP contribution in [0.15, 0.2) is 41.5 Å². The van der Waals surface area contributed by atoms with Crippen molar-refractivity contribution >= 4 is 27.4 Å². The van der Waals surface area contributed by atoms with E-state index >= 15 is 0 Å². The number of halogens is 1. The van der Waals surface area contributed by atoms with Crippen LogP contribution in [0.5, 0.6) is 0 Å². The van der Waals surface area contributed by atoms with E-state index in [0.29, 0.717) is 0 Å². The minimum absolute atomic E-state index is 0.770. The zero-order valence-electron chi connectivity index (χ0n) is 10.4. The number of hydrogen-bond donors (Lipinski definition) is 0. The molecular formula is C13H14BrN5. The van der Waals surface area contributed by atoms with Crippen LogP contribution < -0.4 is 9.80 Å². The summed E-state index contributed by atoms with van der Waals surface area (Å²) in [6.07, 6.45) is 7.22. The summed E-state index contributed by atoms with van der Waals surface area (Å²) in [5.74, 6) is 0.942. The van der Waals surface area contributed by atoms with Crippen molar-refractivity contribution in [1.29, 1.82) is 0 Å². The number of anilines is 2. The second-order valence-electron chi connectivity index (χ2n) is 4.38. The third-order valence-electron chi connectivity index (χ3n) is 3.24. The maximum Gasteiger partial charge on any atom is 0.147 e. The first-order valence-corrected chi connectivity index (χ1v) is 7.00. The SMILES string of the molecule is Brc1cnc(N2CCN(c3ccncc3)CC2)cn1. The van der Waals surface area contributed by atoms with Crippen LogP contribution in [0.4, 0.5) is 11.5 Å². The van der Waals surface area contributed by atoms with Crippen LogP contribution in [0, 0.1) is 0 Å². The van der Waals surface area contributed by atoms with E-state index in [9.17, 15) is 0 Å². The summed E-state index contributed by atoms with van der Waals surface area (Å²) in [7, 11) is 0. The molecule has 19 heavy (non-hydrogen) atoms. The molecule has 0 aromatic carbocycles. The highest BCUT2D eigenvalue weighted by Crippen LogP contribution is 2.18. The zero-order chi connectivity index (χ0) is 13.1. The predicted octanol–water partition coefficient (Wildman–Crippen LogP) is 1.96. The lowest BCUT2D eigenvalue weighted by molar-refractivity contribution is 0.646. The van der Waals surface area contributed by atoms with E-state index in [0.717, 1.165) is 36.6 Å². The molecule has 0 aliphatic carbocycles. The van der Waals surface area contributed by atoms with E-state index in [-0.39, 0.29) is 0 Å². The van der Waals surface area contributed by atoms with Crippen LogP contribution in [0.2, 0.25) is 0 Å². The Bertz CT molecular complexity index is 522. The average Bonchev–Trinajstić information content (AvgIpc) is 2.49. The Hall–Kier alpha value is -1.69. The first-order valence-electron chi connectivity index (χ1n) is 6.20. The molecule has 0 amide bonds. The van der Waals surface area contributed by atoms with Gasteiger partial charge in [0.25, 0.3) is 0 Å². The molecule has 0 N–H and O–H groups in total.